The third-order valence-electron chi connectivity index (χ3n) is 3.48. The molecule has 1 N–H and O–H groups in total. The van der Waals surface area contributed by atoms with E-state index in [1.807, 2.05) is 13.0 Å². The van der Waals surface area contributed by atoms with Crippen LogP contribution in [-0.2, 0) is 4.74 Å². The average Bonchev–Trinajstić information content (AvgIpc) is 2.49. The molecule has 0 amide bonds. The highest BCUT2D eigenvalue weighted by molar-refractivity contribution is 6.08. The minimum absolute atomic E-state index is 0.00731. The highest BCUT2D eigenvalue weighted by Gasteiger charge is 2.22. The van der Waals surface area contributed by atoms with Crippen LogP contribution in [0, 0.1) is 5.92 Å². The number of methoxy groups -OCH3 is 1. The van der Waals surface area contributed by atoms with Crippen LogP contribution in [0.25, 0.3) is 0 Å². The summed E-state index contributed by atoms with van der Waals surface area (Å²) >= 11 is 0. The number of unbranched alkanes of at least 4 members (excludes halogenated alkanes) is 1. The van der Waals surface area contributed by atoms with Gasteiger partial charge in [0.2, 0.25) is 0 Å². The summed E-state index contributed by atoms with van der Waals surface area (Å²) in [7, 11) is 1.42. The van der Waals surface area contributed by atoms with Crippen molar-refractivity contribution in [1.82, 2.24) is 0 Å². The lowest BCUT2D eigenvalue weighted by atomic mass is 9.88. The molecule has 1 rings (SSSR count). The number of ether oxygens (including phenoxy) is 1. The van der Waals surface area contributed by atoms with Crippen molar-refractivity contribution in [2.45, 2.75) is 39.5 Å². The van der Waals surface area contributed by atoms with Crippen LogP contribution < -0.4 is 0 Å². The van der Waals surface area contributed by atoms with Gasteiger partial charge < -0.3 is 9.94 Å². The smallest absolute Gasteiger partial charge is 0.257 e. The van der Waals surface area contributed by atoms with E-state index in [1.165, 1.54) is 7.11 Å². The summed E-state index contributed by atoms with van der Waals surface area (Å²) in [5, 5.41) is 12.1. The molecule has 1 unspecified atom stereocenters. The lowest BCUT2D eigenvalue weighted by Gasteiger charge is -2.16. The summed E-state index contributed by atoms with van der Waals surface area (Å²) in [4.78, 5) is 12.6. The van der Waals surface area contributed by atoms with Crippen LogP contribution in [0.5, 0.6) is 0 Å². The second kappa shape index (κ2) is 8.35. The van der Waals surface area contributed by atoms with Crippen molar-refractivity contribution in [3.05, 3.63) is 35.4 Å². The van der Waals surface area contributed by atoms with Gasteiger partial charge in [0.25, 0.3) is 5.90 Å². The first-order valence-corrected chi connectivity index (χ1v) is 7.09. The average molecular weight is 277 g/mol. The van der Waals surface area contributed by atoms with E-state index in [2.05, 4.69) is 12.1 Å². The van der Waals surface area contributed by atoms with E-state index >= 15 is 0 Å². The van der Waals surface area contributed by atoms with Crippen molar-refractivity contribution in [2.75, 3.05) is 7.11 Å². The van der Waals surface area contributed by atoms with Gasteiger partial charge in [-0.2, -0.15) is 0 Å². The van der Waals surface area contributed by atoms with Gasteiger partial charge in [0.05, 0.1) is 12.7 Å². The molecule has 0 spiro atoms. The van der Waals surface area contributed by atoms with Crippen molar-refractivity contribution in [2.24, 2.45) is 11.1 Å². The number of rotatable bonds is 7. The summed E-state index contributed by atoms with van der Waals surface area (Å²) in [6, 6.07) is 7.10. The van der Waals surface area contributed by atoms with Gasteiger partial charge in [-0.1, -0.05) is 44.9 Å². The van der Waals surface area contributed by atoms with Crippen LogP contribution in [0.2, 0.25) is 0 Å². The summed E-state index contributed by atoms with van der Waals surface area (Å²) in [5.41, 5.74) is 1.10. The maximum absolute atomic E-state index is 12.6. The van der Waals surface area contributed by atoms with E-state index in [0.29, 0.717) is 11.1 Å². The Bertz CT molecular complexity index is 469. The maximum Gasteiger partial charge on any atom is 0.257 e. The van der Waals surface area contributed by atoms with Gasteiger partial charge in [-0.3, -0.25) is 4.79 Å². The quantitative estimate of drug-likeness (QED) is 0.270. The molecule has 0 bridgehead atoms. The molecule has 0 saturated carbocycles. The highest BCUT2D eigenvalue weighted by Crippen LogP contribution is 2.21. The Hall–Kier alpha value is -1.84. The van der Waals surface area contributed by atoms with E-state index in [4.69, 9.17) is 9.94 Å². The molecule has 0 aliphatic carbocycles. The first-order valence-electron chi connectivity index (χ1n) is 7.09. The number of carbonyl (C=O) groups excluding carboxylic acids is 1. The van der Waals surface area contributed by atoms with Crippen LogP contribution in [0.4, 0.5) is 0 Å². The number of hydrogen-bond acceptors (Lipinski definition) is 4. The predicted molar refractivity (Wildman–Crippen MR) is 79.4 cm³/mol. The number of Topliss-reactive ketones (excluding diaryl/α,β-unsaturated/α-hetero) is 1. The maximum atomic E-state index is 12.6. The molecule has 1 aromatic carbocycles. The zero-order valence-electron chi connectivity index (χ0n) is 12.4. The Morgan fingerprint density at radius 2 is 1.95 bits per heavy atom. The lowest BCUT2D eigenvalue weighted by molar-refractivity contribution is 0.0907. The third-order valence-corrected chi connectivity index (χ3v) is 3.48. The second-order valence-corrected chi connectivity index (χ2v) is 4.77. The van der Waals surface area contributed by atoms with Crippen molar-refractivity contribution < 1.29 is 14.7 Å². The predicted octanol–water partition coefficient (Wildman–Crippen LogP) is 3.87. The zero-order valence-corrected chi connectivity index (χ0v) is 12.4. The van der Waals surface area contributed by atoms with E-state index < -0.39 is 0 Å². The number of benzene rings is 1. The van der Waals surface area contributed by atoms with E-state index in [0.717, 1.165) is 25.7 Å². The molecule has 0 radical (unpaired) electrons. The zero-order chi connectivity index (χ0) is 15.0. The van der Waals surface area contributed by atoms with Crippen LogP contribution in [0.15, 0.2) is 29.4 Å². The van der Waals surface area contributed by atoms with Gasteiger partial charge in [0.1, 0.15) is 0 Å². The van der Waals surface area contributed by atoms with Crippen molar-refractivity contribution >= 4 is 11.7 Å². The molecule has 20 heavy (non-hydrogen) atoms. The minimum atomic E-state index is 0.00731. The standard InChI is InChI=1S/C16H23NO3/c1-4-6-9-12(5-2)15(18)13-10-7-8-11-14(13)16(17-19)20-3/h7-8,10-12,19H,4-6,9H2,1-3H3. The van der Waals surface area contributed by atoms with Gasteiger partial charge in [-0.05, 0) is 24.1 Å². The normalized spacial score (nSPS) is 13.1. The fraction of sp³-hybridized carbons (Fsp3) is 0.500. The Kier molecular flexibility index (Phi) is 6.77. The van der Waals surface area contributed by atoms with Crippen LogP contribution in [0.1, 0.15) is 55.5 Å². The van der Waals surface area contributed by atoms with E-state index in [9.17, 15) is 4.79 Å². The molecular formula is C16H23NO3. The third kappa shape index (κ3) is 3.83. The molecule has 0 heterocycles. The Morgan fingerprint density at radius 1 is 1.30 bits per heavy atom. The first kappa shape index (κ1) is 16.2. The molecule has 0 aliphatic rings. The largest absolute Gasteiger partial charge is 0.478 e. The summed E-state index contributed by atoms with van der Waals surface area (Å²) in [5.74, 6) is 0.168. The summed E-state index contributed by atoms with van der Waals surface area (Å²) < 4.78 is 5.02. The van der Waals surface area contributed by atoms with E-state index in [-0.39, 0.29) is 17.6 Å². The van der Waals surface area contributed by atoms with Crippen molar-refractivity contribution in [3.63, 3.8) is 0 Å². The van der Waals surface area contributed by atoms with Gasteiger partial charge in [-0.25, -0.2) is 0 Å². The van der Waals surface area contributed by atoms with Crippen LogP contribution in [0.3, 0.4) is 0 Å². The Balaban J connectivity index is 3.09. The van der Waals surface area contributed by atoms with Crippen molar-refractivity contribution in [3.8, 4) is 0 Å². The first-order chi connectivity index (χ1) is 9.69. The van der Waals surface area contributed by atoms with Gasteiger partial charge in [0, 0.05) is 11.5 Å². The Labute approximate surface area is 120 Å². The fourth-order valence-electron chi connectivity index (χ4n) is 2.28. The molecular weight excluding hydrogens is 254 g/mol. The minimum Gasteiger partial charge on any atom is -0.478 e. The van der Waals surface area contributed by atoms with E-state index in [1.54, 1.807) is 18.2 Å². The molecule has 110 valence electrons. The fourth-order valence-corrected chi connectivity index (χ4v) is 2.28. The molecule has 0 saturated heterocycles. The van der Waals surface area contributed by atoms with Crippen LogP contribution in [-0.4, -0.2) is 24.0 Å². The second-order valence-electron chi connectivity index (χ2n) is 4.77. The molecule has 0 aromatic heterocycles. The molecule has 1 atom stereocenters. The molecule has 4 nitrogen and oxygen atoms in total. The van der Waals surface area contributed by atoms with Gasteiger partial charge >= 0.3 is 0 Å². The summed E-state index contributed by atoms with van der Waals surface area (Å²) in [6.07, 6.45) is 3.81. The topological polar surface area (TPSA) is 58.9 Å². The number of ketones is 1. The number of oxime groups is 1. The number of hydrogen-bond donors (Lipinski definition) is 1. The number of carbonyl (C=O) groups is 1. The highest BCUT2D eigenvalue weighted by atomic mass is 16.5. The molecule has 0 fully saturated rings. The van der Waals surface area contributed by atoms with Gasteiger partial charge in [0.15, 0.2) is 5.78 Å². The molecule has 4 heteroatoms. The molecule has 0 aliphatic heterocycles. The van der Waals surface area contributed by atoms with Gasteiger partial charge in [-0.15, -0.1) is 0 Å². The van der Waals surface area contributed by atoms with Crippen molar-refractivity contribution in [1.29, 1.82) is 0 Å². The lowest BCUT2D eigenvalue weighted by Crippen LogP contribution is -2.18. The number of nitrogens with zero attached hydrogens (tertiary/aromatic N) is 1. The van der Waals surface area contributed by atoms with Crippen LogP contribution >= 0.6 is 0 Å². The Morgan fingerprint density at radius 3 is 2.45 bits per heavy atom. The monoisotopic (exact) mass is 277 g/mol. The summed E-state index contributed by atoms with van der Waals surface area (Å²) in [6.45, 7) is 4.14. The molecule has 1 aromatic rings. The SMILES string of the molecule is CCCCC(CC)C(=O)c1ccccc1C(=NO)OC.